The largest absolute Gasteiger partial charge is 0.497 e. The van der Waals surface area contributed by atoms with Crippen LogP contribution in [0.1, 0.15) is 5.56 Å². The number of aryl methyl sites for hydroxylation is 1. The van der Waals surface area contributed by atoms with Gasteiger partial charge in [-0.15, -0.1) is 0 Å². The first-order valence-electron chi connectivity index (χ1n) is 22.4. The summed E-state index contributed by atoms with van der Waals surface area (Å²) in [5.41, 5.74) is 9.39. The van der Waals surface area contributed by atoms with Crippen LogP contribution in [0, 0.1) is 6.92 Å². The highest BCUT2D eigenvalue weighted by Gasteiger charge is 2.23. The number of fused-ring (bicyclic) bond motifs is 2. The second-order valence-corrected chi connectivity index (χ2v) is 20.6. The molecule has 9 aromatic carbocycles. The maximum absolute atomic E-state index is 14.0. The van der Waals surface area contributed by atoms with Crippen molar-refractivity contribution in [3.63, 3.8) is 0 Å². The minimum Gasteiger partial charge on any atom is -0.497 e. The van der Waals surface area contributed by atoms with Gasteiger partial charge in [0.1, 0.15) is 28.9 Å². The first-order chi connectivity index (χ1) is 34.0. The average Bonchev–Trinajstić information content (AvgIpc) is 3.99. The summed E-state index contributed by atoms with van der Waals surface area (Å²) < 4.78 is 70.6. The number of methoxy groups -OCH3 is 1. The molecule has 0 unspecified atom stereocenters. The Kier molecular flexibility index (Phi) is 11.2. The van der Waals surface area contributed by atoms with Gasteiger partial charge in [-0.1, -0.05) is 84.4 Å². The van der Waals surface area contributed by atoms with E-state index in [0.717, 1.165) is 67.0 Å². The second kappa shape index (κ2) is 17.8. The van der Waals surface area contributed by atoms with Crippen molar-refractivity contribution in [2.24, 2.45) is 0 Å². The van der Waals surface area contributed by atoms with Crippen LogP contribution >= 0.6 is 0 Å². The zero-order chi connectivity index (χ0) is 48.0. The standard InChI is InChI=1S/C58H42N4O6S2/c1-39-14-30-49(31-15-39)69(63,64)50-32-20-44(21-33-50)61-55-12-5-3-10-53(55)59-57(61)42-8-7-9-43(38-42)58-60-54-11-4-6-13-56(54)62(58)45-22-34-51(35-23-45)70(65,66)52-36-28-48(29-37-52)68-47-26-18-41(19-27-47)40-16-24-46(67-2)25-17-40/h3-38H,1-2H3. The molecule has 12 heteroatoms. The molecule has 0 aliphatic heterocycles. The van der Waals surface area contributed by atoms with Gasteiger partial charge in [0.2, 0.25) is 19.7 Å². The number of para-hydroxylation sites is 4. The molecule has 0 radical (unpaired) electrons. The topological polar surface area (TPSA) is 122 Å². The fraction of sp³-hybridized carbons (Fsp3) is 0.0345. The quantitative estimate of drug-likeness (QED) is 0.119. The number of imidazole rings is 2. The van der Waals surface area contributed by atoms with Crippen molar-refractivity contribution in [3.05, 3.63) is 224 Å². The van der Waals surface area contributed by atoms with Gasteiger partial charge < -0.3 is 9.47 Å². The van der Waals surface area contributed by atoms with Gasteiger partial charge in [-0.2, -0.15) is 0 Å². The smallest absolute Gasteiger partial charge is 0.206 e. The van der Waals surface area contributed by atoms with Crippen LogP contribution < -0.4 is 9.47 Å². The molecule has 0 atom stereocenters. The van der Waals surface area contributed by atoms with E-state index in [2.05, 4.69) is 0 Å². The molecule has 0 aliphatic rings. The molecular formula is C58H42N4O6S2. The van der Waals surface area contributed by atoms with Crippen LogP contribution in [0.3, 0.4) is 0 Å². The molecule has 2 aromatic heterocycles. The summed E-state index contributed by atoms with van der Waals surface area (Å²) in [5, 5.41) is 0. The zero-order valence-corrected chi connectivity index (χ0v) is 39.5. The van der Waals surface area contributed by atoms with Gasteiger partial charge in [-0.3, -0.25) is 9.13 Å². The van der Waals surface area contributed by atoms with Crippen molar-refractivity contribution >= 4 is 41.7 Å². The Morgan fingerprint density at radius 1 is 0.386 bits per heavy atom. The van der Waals surface area contributed by atoms with E-state index in [1.807, 2.05) is 137 Å². The molecule has 0 aliphatic carbocycles. The zero-order valence-electron chi connectivity index (χ0n) is 37.8. The number of hydrogen-bond donors (Lipinski definition) is 0. The van der Waals surface area contributed by atoms with Gasteiger partial charge in [-0.25, -0.2) is 26.8 Å². The van der Waals surface area contributed by atoms with E-state index < -0.39 is 19.7 Å². The second-order valence-electron chi connectivity index (χ2n) is 16.7. The number of ether oxygens (including phenoxy) is 2. The highest BCUT2D eigenvalue weighted by Crippen LogP contribution is 2.36. The van der Waals surface area contributed by atoms with Crippen molar-refractivity contribution in [1.29, 1.82) is 0 Å². The van der Waals surface area contributed by atoms with Crippen LogP contribution in [0.2, 0.25) is 0 Å². The van der Waals surface area contributed by atoms with E-state index in [9.17, 15) is 16.8 Å². The monoisotopic (exact) mass is 954 g/mol. The first-order valence-corrected chi connectivity index (χ1v) is 25.4. The van der Waals surface area contributed by atoms with Gasteiger partial charge in [0.25, 0.3) is 0 Å². The highest BCUT2D eigenvalue weighted by atomic mass is 32.2. The summed E-state index contributed by atoms with van der Waals surface area (Å²) in [6.45, 7) is 1.92. The molecule has 0 N–H and O–H groups in total. The van der Waals surface area contributed by atoms with Crippen molar-refractivity contribution in [2.75, 3.05) is 7.11 Å². The third-order valence-electron chi connectivity index (χ3n) is 12.3. The third-order valence-corrected chi connectivity index (χ3v) is 15.9. The van der Waals surface area contributed by atoms with Crippen LogP contribution in [0.5, 0.6) is 17.2 Å². The molecule has 0 bridgehead atoms. The van der Waals surface area contributed by atoms with Crippen LogP contribution in [-0.2, 0) is 19.7 Å². The summed E-state index contributed by atoms with van der Waals surface area (Å²) >= 11 is 0. The summed E-state index contributed by atoms with van der Waals surface area (Å²) in [7, 11) is -5.98. The van der Waals surface area contributed by atoms with Gasteiger partial charge in [0.15, 0.2) is 0 Å². The number of hydrogen-bond acceptors (Lipinski definition) is 8. The molecule has 342 valence electrons. The first kappa shape index (κ1) is 44.0. The number of sulfone groups is 2. The minimum absolute atomic E-state index is 0.141. The summed E-state index contributed by atoms with van der Waals surface area (Å²) in [4.78, 5) is 10.9. The predicted molar refractivity (Wildman–Crippen MR) is 274 cm³/mol. The van der Waals surface area contributed by atoms with Crippen molar-refractivity contribution < 1.29 is 26.3 Å². The lowest BCUT2D eigenvalue weighted by atomic mass is 10.1. The Balaban J connectivity index is 0.879. The van der Waals surface area contributed by atoms with Crippen molar-refractivity contribution in [1.82, 2.24) is 19.1 Å². The molecule has 11 rings (SSSR count). The normalized spacial score (nSPS) is 11.8. The van der Waals surface area contributed by atoms with E-state index >= 15 is 0 Å². The minimum atomic E-state index is -3.89. The van der Waals surface area contributed by atoms with Gasteiger partial charge in [0, 0.05) is 22.5 Å². The van der Waals surface area contributed by atoms with Crippen LogP contribution in [0.25, 0.3) is 67.3 Å². The number of aromatic nitrogens is 4. The molecule has 0 spiro atoms. The molecular weight excluding hydrogens is 913 g/mol. The molecule has 0 fully saturated rings. The fourth-order valence-electron chi connectivity index (χ4n) is 8.62. The highest BCUT2D eigenvalue weighted by molar-refractivity contribution is 7.91. The maximum atomic E-state index is 14.0. The molecule has 0 saturated carbocycles. The lowest BCUT2D eigenvalue weighted by Crippen LogP contribution is -2.04. The Morgan fingerprint density at radius 2 is 0.757 bits per heavy atom. The van der Waals surface area contributed by atoms with E-state index in [0.29, 0.717) is 23.1 Å². The van der Waals surface area contributed by atoms with Crippen LogP contribution in [-0.4, -0.2) is 43.0 Å². The predicted octanol–water partition coefficient (Wildman–Crippen LogP) is 13.1. The molecule has 11 aromatic rings. The fourth-order valence-corrected chi connectivity index (χ4v) is 11.1. The lowest BCUT2D eigenvalue weighted by molar-refractivity contribution is 0.415. The van der Waals surface area contributed by atoms with Crippen LogP contribution in [0.4, 0.5) is 0 Å². The molecule has 10 nitrogen and oxygen atoms in total. The number of benzene rings is 9. The number of nitrogens with zero attached hydrogens (tertiary/aromatic N) is 4. The Bertz CT molecular complexity index is 3940. The average molecular weight is 955 g/mol. The van der Waals surface area contributed by atoms with Crippen molar-refractivity contribution in [3.8, 4) is 62.5 Å². The van der Waals surface area contributed by atoms with E-state index in [4.69, 9.17) is 19.4 Å². The summed E-state index contributed by atoms with van der Waals surface area (Å²) in [6, 6.07) is 66.1. The lowest BCUT2D eigenvalue weighted by Gasteiger charge is -2.13. The molecule has 0 amide bonds. The summed E-state index contributed by atoms with van der Waals surface area (Å²) in [5.74, 6) is 3.23. The van der Waals surface area contributed by atoms with Crippen LogP contribution in [0.15, 0.2) is 238 Å². The Hall–Kier alpha value is -8.58. The van der Waals surface area contributed by atoms with E-state index in [-0.39, 0.29) is 19.6 Å². The number of rotatable bonds is 12. The van der Waals surface area contributed by atoms with Gasteiger partial charge >= 0.3 is 0 Å². The molecule has 2 heterocycles. The van der Waals surface area contributed by atoms with Gasteiger partial charge in [-0.05, 0) is 158 Å². The maximum Gasteiger partial charge on any atom is 0.206 e. The Morgan fingerprint density at radius 3 is 1.19 bits per heavy atom. The molecule has 70 heavy (non-hydrogen) atoms. The third kappa shape index (κ3) is 8.18. The SMILES string of the molecule is COc1ccc(-c2ccc(Oc3ccc(S(=O)(=O)c4ccc(-n5c(-c6cccc(-c7nc8ccccc8n7-c7ccc(S(=O)(=O)c8ccc(C)cc8)cc7)c6)nc6ccccc65)cc4)cc3)cc2)cc1. The Labute approximate surface area is 405 Å². The van der Waals surface area contributed by atoms with Gasteiger partial charge in [0.05, 0.1) is 48.8 Å². The van der Waals surface area contributed by atoms with Crippen molar-refractivity contribution in [2.45, 2.75) is 26.5 Å². The summed E-state index contributed by atoms with van der Waals surface area (Å²) in [6.07, 6.45) is 0. The molecule has 0 saturated heterocycles. The van der Waals surface area contributed by atoms with E-state index in [1.54, 1.807) is 104 Å². The van der Waals surface area contributed by atoms with E-state index in [1.165, 1.54) is 0 Å².